The molecule has 140 valence electrons. The first-order valence-corrected chi connectivity index (χ1v) is 8.90. The van der Waals surface area contributed by atoms with Gasteiger partial charge in [-0.25, -0.2) is 4.18 Å². The molecule has 0 aromatic carbocycles. The molecule has 0 spiro atoms. The van der Waals surface area contributed by atoms with Crippen LogP contribution in [0.3, 0.4) is 0 Å². The Kier molecular flexibility index (Phi) is 9.93. The lowest BCUT2D eigenvalue weighted by molar-refractivity contribution is -0.104. The number of rotatable bonds is 6. The average molecular weight is 371 g/mol. The molecule has 1 aliphatic heterocycles. The maximum absolute atomic E-state index is 10.8. The molecule has 0 saturated carbocycles. The lowest BCUT2D eigenvalue weighted by atomic mass is 10.0. The summed E-state index contributed by atoms with van der Waals surface area (Å²) in [6.45, 7) is 3.68. The molecule has 0 aromatic rings. The van der Waals surface area contributed by atoms with Crippen LogP contribution in [-0.4, -0.2) is 63.4 Å². The van der Waals surface area contributed by atoms with Crippen LogP contribution in [0.25, 0.3) is 0 Å². The first-order chi connectivity index (χ1) is 11.6. The summed E-state index contributed by atoms with van der Waals surface area (Å²) in [6, 6.07) is 1.83. The van der Waals surface area contributed by atoms with Crippen molar-refractivity contribution in [1.82, 2.24) is 9.80 Å². The molecule has 0 saturated heterocycles. The summed E-state index contributed by atoms with van der Waals surface area (Å²) < 4.78 is 33.9. The van der Waals surface area contributed by atoms with E-state index in [-0.39, 0.29) is 18.7 Å². The minimum atomic E-state index is -4.46. The van der Waals surface area contributed by atoms with Crippen LogP contribution in [-0.2, 0) is 19.4 Å². The van der Waals surface area contributed by atoms with E-state index < -0.39 is 10.4 Å². The molecule has 25 heavy (non-hydrogen) atoms. The van der Waals surface area contributed by atoms with Gasteiger partial charge in [0.25, 0.3) is 0 Å². The van der Waals surface area contributed by atoms with Gasteiger partial charge in [-0.05, 0) is 52.2 Å². The van der Waals surface area contributed by atoms with Gasteiger partial charge in [-0.3, -0.25) is 9.35 Å². The molecule has 0 fully saturated rings. The number of nitrogens with zero attached hydrogens (tertiary/aromatic N) is 3. The Morgan fingerprint density at radius 2 is 1.96 bits per heavy atom. The summed E-state index contributed by atoms with van der Waals surface area (Å²) in [5.74, 6) is 0. The summed E-state index contributed by atoms with van der Waals surface area (Å²) in [5, 5.41) is 8.89. The molecule has 1 heterocycles. The van der Waals surface area contributed by atoms with Crippen molar-refractivity contribution in [2.75, 3.05) is 34.3 Å². The van der Waals surface area contributed by atoms with Gasteiger partial charge in [0.15, 0.2) is 6.29 Å². The molecule has 1 rings (SSSR count). The number of hydrogen-bond acceptors (Lipinski definition) is 7. The molecule has 0 bridgehead atoms. The predicted molar refractivity (Wildman–Crippen MR) is 94.7 cm³/mol. The topological polar surface area (TPSA) is 111 Å². The van der Waals surface area contributed by atoms with E-state index in [1.807, 2.05) is 39.0 Å². The van der Waals surface area contributed by atoms with Gasteiger partial charge in [-0.2, -0.15) is 13.7 Å². The van der Waals surface area contributed by atoms with Crippen molar-refractivity contribution in [3.8, 4) is 6.07 Å². The number of allylic oxidation sites excluding steroid dienone is 6. The van der Waals surface area contributed by atoms with E-state index >= 15 is 0 Å². The number of carbonyl (C=O) groups excluding carboxylic acids is 1. The third kappa shape index (κ3) is 9.16. The van der Waals surface area contributed by atoms with Crippen molar-refractivity contribution >= 4 is 16.7 Å². The molecule has 1 aliphatic rings. The summed E-state index contributed by atoms with van der Waals surface area (Å²) in [6.07, 6.45) is 4.49. The minimum absolute atomic E-state index is 0.0362. The molecule has 0 unspecified atom stereocenters. The Morgan fingerprint density at radius 1 is 1.40 bits per heavy atom. The van der Waals surface area contributed by atoms with E-state index in [2.05, 4.69) is 4.18 Å². The van der Waals surface area contributed by atoms with Gasteiger partial charge in [0.2, 0.25) is 0 Å². The zero-order chi connectivity index (χ0) is 19.6. The maximum atomic E-state index is 10.8. The summed E-state index contributed by atoms with van der Waals surface area (Å²) in [5.41, 5.74) is 2.12. The van der Waals surface area contributed by atoms with Gasteiger partial charge in [0.05, 0.1) is 12.2 Å². The summed E-state index contributed by atoms with van der Waals surface area (Å²) >= 11 is 0. The summed E-state index contributed by atoms with van der Waals surface area (Å²) in [4.78, 5) is 14.6. The highest BCUT2D eigenvalue weighted by Gasteiger charge is 2.18. The second kappa shape index (κ2) is 10.8. The SMILES string of the molecule is CCC1=C/C(=C(/C#N)C=O)C=C(C)N1CCOS(=O)(=O)O.CN(C)C. The van der Waals surface area contributed by atoms with Gasteiger partial charge in [0, 0.05) is 17.9 Å². The Bertz CT molecular complexity index is 697. The fraction of sp³-hybridized carbons (Fsp3) is 0.500. The van der Waals surface area contributed by atoms with Crippen molar-refractivity contribution in [3.63, 3.8) is 0 Å². The quantitative estimate of drug-likeness (QED) is 0.324. The van der Waals surface area contributed by atoms with Gasteiger partial charge >= 0.3 is 10.4 Å². The van der Waals surface area contributed by atoms with Crippen LogP contribution in [0.15, 0.2) is 34.7 Å². The Morgan fingerprint density at radius 3 is 2.36 bits per heavy atom. The van der Waals surface area contributed by atoms with Crippen LogP contribution >= 0.6 is 0 Å². The molecule has 0 aromatic heterocycles. The zero-order valence-electron chi connectivity index (χ0n) is 15.2. The molecule has 0 atom stereocenters. The number of carbonyl (C=O) groups is 1. The van der Waals surface area contributed by atoms with Gasteiger partial charge < -0.3 is 9.80 Å². The van der Waals surface area contributed by atoms with E-state index in [1.165, 1.54) is 0 Å². The molecule has 9 heteroatoms. The van der Waals surface area contributed by atoms with Crippen LogP contribution in [0, 0.1) is 11.3 Å². The predicted octanol–water partition coefficient (Wildman–Crippen LogP) is 1.52. The van der Waals surface area contributed by atoms with Gasteiger partial charge in [-0.1, -0.05) is 6.92 Å². The summed E-state index contributed by atoms with van der Waals surface area (Å²) in [7, 11) is 1.54. The fourth-order valence-corrected chi connectivity index (χ4v) is 2.27. The number of nitriles is 1. The van der Waals surface area contributed by atoms with E-state index in [0.717, 1.165) is 11.4 Å². The average Bonchev–Trinajstić information content (AvgIpc) is 2.48. The molecular weight excluding hydrogens is 346 g/mol. The van der Waals surface area contributed by atoms with Crippen LogP contribution in [0.4, 0.5) is 0 Å². The largest absolute Gasteiger partial charge is 0.397 e. The minimum Gasteiger partial charge on any atom is -0.347 e. The van der Waals surface area contributed by atoms with E-state index in [0.29, 0.717) is 18.3 Å². The highest BCUT2D eigenvalue weighted by atomic mass is 32.3. The number of hydrogen-bond donors (Lipinski definition) is 1. The van der Waals surface area contributed by atoms with E-state index in [9.17, 15) is 13.2 Å². The number of aldehydes is 1. The van der Waals surface area contributed by atoms with Crippen LogP contribution in [0.5, 0.6) is 0 Å². The zero-order valence-corrected chi connectivity index (χ0v) is 16.0. The second-order valence-corrected chi connectivity index (χ2v) is 6.71. The lowest BCUT2D eigenvalue weighted by Gasteiger charge is -2.30. The van der Waals surface area contributed by atoms with Crippen LogP contribution in [0.1, 0.15) is 20.3 Å². The lowest BCUT2D eigenvalue weighted by Crippen LogP contribution is -2.28. The second-order valence-electron chi connectivity index (χ2n) is 5.62. The van der Waals surface area contributed by atoms with Crippen molar-refractivity contribution < 1.29 is 21.9 Å². The van der Waals surface area contributed by atoms with Crippen LogP contribution in [0.2, 0.25) is 0 Å². The van der Waals surface area contributed by atoms with Crippen LogP contribution < -0.4 is 0 Å². The highest BCUT2D eigenvalue weighted by molar-refractivity contribution is 7.80. The molecule has 0 amide bonds. The van der Waals surface area contributed by atoms with Crippen molar-refractivity contribution in [2.24, 2.45) is 0 Å². The molecule has 8 nitrogen and oxygen atoms in total. The molecule has 0 aliphatic carbocycles. The molecule has 0 radical (unpaired) electrons. The van der Waals surface area contributed by atoms with E-state index in [1.54, 1.807) is 24.0 Å². The van der Waals surface area contributed by atoms with E-state index in [4.69, 9.17) is 9.81 Å². The standard InChI is InChI=1S/C13H16N2O5S.C3H9N/c1-3-13-7-11(12(8-14)9-16)6-10(2)15(13)4-5-20-21(17,18)19;1-4(2)3/h6-7,9H,3-5H2,1-2H3,(H,17,18,19);1-3H3/b12-11-;. The highest BCUT2D eigenvalue weighted by Crippen LogP contribution is 2.26. The fourth-order valence-electron chi connectivity index (χ4n) is 1.99. The van der Waals surface area contributed by atoms with Crippen molar-refractivity contribution in [1.29, 1.82) is 5.26 Å². The maximum Gasteiger partial charge on any atom is 0.397 e. The van der Waals surface area contributed by atoms with Gasteiger partial charge in [0.1, 0.15) is 6.07 Å². The van der Waals surface area contributed by atoms with Crippen molar-refractivity contribution in [2.45, 2.75) is 20.3 Å². The third-order valence-corrected chi connectivity index (χ3v) is 3.38. The molecule has 1 N–H and O–H groups in total. The van der Waals surface area contributed by atoms with Gasteiger partial charge in [-0.15, -0.1) is 0 Å². The normalized spacial score (nSPS) is 16.3. The Hall–Kier alpha value is -1.99. The molecular formula is C16H25N3O5S. The first-order valence-electron chi connectivity index (χ1n) is 7.54. The monoisotopic (exact) mass is 371 g/mol. The third-order valence-electron chi connectivity index (χ3n) is 2.92. The Balaban J connectivity index is 0.00000129. The smallest absolute Gasteiger partial charge is 0.347 e. The first kappa shape index (κ1) is 23.0. The Labute approximate surface area is 149 Å². The van der Waals surface area contributed by atoms with Crippen molar-refractivity contribution in [3.05, 3.63) is 34.7 Å².